The van der Waals surface area contributed by atoms with Crippen LogP contribution in [0, 0.1) is 10.6 Å². The third kappa shape index (κ3) is 4.76. The molecule has 3 aromatic carbocycles. The van der Waals surface area contributed by atoms with Gasteiger partial charge in [0.15, 0.2) is 5.82 Å². The summed E-state index contributed by atoms with van der Waals surface area (Å²) in [6.45, 7) is 0.487. The first-order valence-electron chi connectivity index (χ1n) is 9.76. The highest BCUT2D eigenvalue weighted by atomic mass is 35.5. The Morgan fingerprint density at radius 2 is 1.94 bits per heavy atom. The summed E-state index contributed by atoms with van der Waals surface area (Å²) in [5, 5.41) is 7.48. The minimum Gasteiger partial charge on any atom is -0.496 e. The van der Waals surface area contributed by atoms with Gasteiger partial charge < -0.3 is 14.9 Å². The fraction of sp³-hybridized carbons (Fsp3) is 0.130. The molecule has 0 bridgehead atoms. The van der Waals surface area contributed by atoms with Crippen molar-refractivity contribution in [2.45, 2.75) is 13.2 Å². The smallest absolute Gasteiger partial charge is 0.214 e. The number of H-pyrrole nitrogens is 1. The van der Waals surface area contributed by atoms with Gasteiger partial charge >= 0.3 is 0 Å². The zero-order valence-electron chi connectivity index (χ0n) is 17.1. The molecule has 0 fully saturated rings. The quantitative estimate of drug-likeness (QED) is 0.322. The van der Waals surface area contributed by atoms with E-state index in [0.29, 0.717) is 39.2 Å². The van der Waals surface area contributed by atoms with Crippen molar-refractivity contribution in [3.63, 3.8) is 0 Å². The molecule has 0 radical (unpaired) electrons. The van der Waals surface area contributed by atoms with E-state index in [4.69, 9.17) is 33.3 Å². The number of halogens is 2. The number of rotatable bonds is 8. The molecule has 0 amide bonds. The third-order valence-corrected chi connectivity index (χ3v) is 5.43. The van der Waals surface area contributed by atoms with Crippen LogP contribution >= 0.6 is 23.8 Å². The molecule has 4 aromatic rings. The molecule has 0 spiro atoms. The molecule has 6 nitrogen and oxygen atoms in total. The third-order valence-electron chi connectivity index (χ3n) is 4.80. The van der Waals surface area contributed by atoms with E-state index in [1.807, 2.05) is 48.5 Å². The number of nitrogens with one attached hydrogen (secondary N) is 2. The number of hydrogen-bond donors (Lipinski definition) is 2. The predicted octanol–water partition coefficient (Wildman–Crippen LogP) is 5.73. The van der Waals surface area contributed by atoms with Crippen LogP contribution in [0.3, 0.4) is 0 Å². The van der Waals surface area contributed by atoms with E-state index >= 15 is 0 Å². The van der Waals surface area contributed by atoms with Gasteiger partial charge in [-0.15, -0.1) is 0 Å². The molecule has 0 aliphatic rings. The highest BCUT2D eigenvalue weighted by Gasteiger charge is 2.13. The number of benzene rings is 3. The molecule has 0 atom stereocenters. The Morgan fingerprint density at radius 3 is 2.75 bits per heavy atom. The molecule has 164 valence electrons. The molecule has 0 aliphatic heterocycles. The van der Waals surface area contributed by atoms with Crippen molar-refractivity contribution in [3.8, 4) is 22.9 Å². The Morgan fingerprint density at radius 1 is 1.12 bits per heavy atom. The second-order valence-electron chi connectivity index (χ2n) is 6.86. The molecule has 0 saturated carbocycles. The van der Waals surface area contributed by atoms with Crippen LogP contribution < -0.4 is 14.9 Å². The van der Waals surface area contributed by atoms with Gasteiger partial charge in [0, 0.05) is 5.56 Å². The average Bonchev–Trinajstić information content (AvgIpc) is 3.17. The van der Waals surface area contributed by atoms with Crippen molar-refractivity contribution in [3.05, 3.63) is 93.5 Å². The van der Waals surface area contributed by atoms with Crippen molar-refractivity contribution in [2.75, 3.05) is 12.5 Å². The lowest BCUT2D eigenvalue weighted by Gasteiger charge is -2.13. The van der Waals surface area contributed by atoms with Gasteiger partial charge in [0.1, 0.15) is 23.9 Å². The van der Waals surface area contributed by atoms with Crippen LogP contribution in [0.2, 0.25) is 5.02 Å². The number of hydrogen-bond acceptors (Lipinski definition) is 5. The Kier molecular flexibility index (Phi) is 6.72. The van der Waals surface area contributed by atoms with Crippen molar-refractivity contribution >= 4 is 23.8 Å². The number of aromatic amines is 1. The second-order valence-corrected chi connectivity index (χ2v) is 7.65. The molecular formula is C23H20ClFN4O2S. The first-order valence-corrected chi connectivity index (χ1v) is 10.5. The molecule has 32 heavy (non-hydrogen) atoms. The van der Waals surface area contributed by atoms with Gasteiger partial charge in [-0.3, -0.25) is 0 Å². The van der Waals surface area contributed by atoms with Gasteiger partial charge in [-0.05, 0) is 54.2 Å². The maximum atomic E-state index is 14.0. The highest BCUT2D eigenvalue weighted by molar-refractivity contribution is 7.71. The van der Waals surface area contributed by atoms with Crippen LogP contribution in [-0.2, 0) is 13.2 Å². The van der Waals surface area contributed by atoms with Crippen LogP contribution in [0.5, 0.6) is 11.5 Å². The lowest BCUT2D eigenvalue weighted by Crippen LogP contribution is -2.16. The molecule has 0 unspecified atom stereocenters. The van der Waals surface area contributed by atoms with Gasteiger partial charge in [0.25, 0.3) is 0 Å². The first-order chi connectivity index (χ1) is 15.6. The lowest BCUT2D eigenvalue weighted by molar-refractivity contribution is 0.299. The summed E-state index contributed by atoms with van der Waals surface area (Å²) in [6.07, 6.45) is 0. The molecule has 0 saturated heterocycles. The van der Waals surface area contributed by atoms with Gasteiger partial charge in [-0.1, -0.05) is 41.9 Å². The van der Waals surface area contributed by atoms with Crippen molar-refractivity contribution in [2.24, 2.45) is 0 Å². The van der Waals surface area contributed by atoms with Crippen LogP contribution in [0.25, 0.3) is 11.4 Å². The Labute approximate surface area is 194 Å². The molecular weight excluding hydrogens is 451 g/mol. The van der Waals surface area contributed by atoms with E-state index in [0.717, 1.165) is 11.1 Å². The summed E-state index contributed by atoms with van der Waals surface area (Å²) < 4.78 is 27.3. The molecule has 2 N–H and O–H groups in total. The topological polar surface area (TPSA) is 64.1 Å². The van der Waals surface area contributed by atoms with E-state index in [1.54, 1.807) is 23.9 Å². The van der Waals surface area contributed by atoms with Gasteiger partial charge in [0.2, 0.25) is 4.77 Å². The summed E-state index contributed by atoms with van der Waals surface area (Å²) in [5.74, 6) is 1.50. The average molecular weight is 471 g/mol. The normalized spacial score (nSPS) is 10.7. The number of methoxy groups -OCH3 is 1. The molecule has 4 rings (SSSR count). The van der Waals surface area contributed by atoms with E-state index in [-0.39, 0.29) is 6.61 Å². The summed E-state index contributed by atoms with van der Waals surface area (Å²) in [7, 11) is 1.61. The van der Waals surface area contributed by atoms with Gasteiger partial charge in [0.05, 0.1) is 24.2 Å². The van der Waals surface area contributed by atoms with E-state index in [9.17, 15) is 4.39 Å². The number of aromatic nitrogens is 3. The maximum absolute atomic E-state index is 14.0. The summed E-state index contributed by atoms with van der Waals surface area (Å²) in [4.78, 5) is 0. The minimum atomic E-state index is -0.395. The highest BCUT2D eigenvalue weighted by Crippen LogP contribution is 2.28. The standard InChI is InChI=1S/C23H20ClFN4O2S/c1-30-21-11-3-2-8-17(21)22-27-28-23(32)29(22)26-13-15-6-4-7-16(12-15)31-14-18-19(24)9-5-10-20(18)25/h2-12,26H,13-14H2,1H3,(H,28,32). The summed E-state index contributed by atoms with van der Waals surface area (Å²) in [5.41, 5.74) is 5.34. The SMILES string of the molecule is COc1ccccc1-c1n[nH]c(=S)n1NCc1cccc(OCc2c(F)cccc2Cl)c1. The van der Waals surface area contributed by atoms with Crippen molar-refractivity contribution in [1.29, 1.82) is 0 Å². The van der Waals surface area contributed by atoms with E-state index in [1.165, 1.54) is 6.07 Å². The number of nitrogens with zero attached hydrogens (tertiary/aromatic N) is 2. The van der Waals surface area contributed by atoms with E-state index < -0.39 is 5.82 Å². The van der Waals surface area contributed by atoms with Crippen LogP contribution in [-0.4, -0.2) is 22.0 Å². The maximum Gasteiger partial charge on any atom is 0.214 e. The second kappa shape index (κ2) is 9.84. The fourth-order valence-corrected chi connectivity index (χ4v) is 3.61. The Bertz CT molecular complexity index is 1270. The van der Waals surface area contributed by atoms with Crippen LogP contribution in [0.15, 0.2) is 66.7 Å². The Hall–Kier alpha value is -3.36. The van der Waals surface area contributed by atoms with Crippen LogP contribution in [0.1, 0.15) is 11.1 Å². The van der Waals surface area contributed by atoms with Crippen LogP contribution in [0.4, 0.5) is 4.39 Å². The lowest BCUT2D eigenvalue weighted by atomic mass is 10.2. The summed E-state index contributed by atoms with van der Waals surface area (Å²) >= 11 is 11.5. The first kappa shape index (κ1) is 21.9. The van der Waals surface area contributed by atoms with Gasteiger partial charge in [-0.2, -0.15) is 5.10 Å². The minimum absolute atomic E-state index is 0.0348. The predicted molar refractivity (Wildman–Crippen MR) is 125 cm³/mol. The number of ether oxygens (including phenoxy) is 2. The summed E-state index contributed by atoms with van der Waals surface area (Å²) in [6, 6.07) is 19.6. The number of para-hydroxylation sites is 1. The van der Waals surface area contributed by atoms with Crippen molar-refractivity contribution < 1.29 is 13.9 Å². The molecule has 1 heterocycles. The zero-order chi connectivity index (χ0) is 22.5. The van der Waals surface area contributed by atoms with Gasteiger partial charge in [-0.25, -0.2) is 14.2 Å². The Balaban J connectivity index is 1.49. The molecule has 1 aromatic heterocycles. The van der Waals surface area contributed by atoms with E-state index in [2.05, 4.69) is 15.6 Å². The fourth-order valence-electron chi connectivity index (χ4n) is 3.20. The zero-order valence-corrected chi connectivity index (χ0v) is 18.7. The molecule has 9 heteroatoms. The van der Waals surface area contributed by atoms with Crippen molar-refractivity contribution in [1.82, 2.24) is 14.9 Å². The molecule has 0 aliphatic carbocycles. The monoisotopic (exact) mass is 470 g/mol. The largest absolute Gasteiger partial charge is 0.496 e.